The van der Waals surface area contributed by atoms with Crippen LogP contribution in [0.3, 0.4) is 0 Å². The maximum absolute atomic E-state index is 11.3. The Kier molecular flexibility index (Phi) is 3.19. The molecule has 0 amide bonds. The van der Waals surface area contributed by atoms with Crippen LogP contribution in [0.25, 0.3) is 0 Å². The van der Waals surface area contributed by atoms with Crippen LogP contribution in [0, 0.1) is 5.92 Å². The third-order valence-corrected chi connectivity index (χ3v) is 2.65. The highest BCUT2D eigenvalue weighted by Gasteiger charge is 2.29. The van der Waals surface area contributed by atoms with Gasteiger partial charge in [-0.2, -0.15) is 0 Å². The van der Waals surface area contributed by atoms with Crippen molar-refractivity contribution < 1.29 is 9.53 Å². The van der Waals surface area contributed by atoms with Crippen molar-refractivity contribution in [2.24, 2.45) is 11.7 Å². The number of H-pyrrole nitrogens is 1. The topological polar surface area (TPSA) is 93.9 Å². The van der Waals surface area contributed by atoms with Gasteiger partial charge in [0.2, 0.25) is 0 Å². The second-order valence-electron chi connectivity index (χ2n) is 4.03. The molecule has 1 aromatic heterocycles. The molecule has 0 aliphatic heterocycles. The molecule has 0 aromatic carbocycles. The molecule has 2 rings (SSSR count). The van der Waals surface area contributed by atoms with Crippen LogP contribution >= 0.6 is 0 Å². The molecule has 1 aromatic rings. The Morgan fingerprint density at radius 3 is 3.06 bits per heavy atom. The Morgan fingerprint density at radius 2 is 2.44 bits per heavy atom. The van der Waals surface area contributed by atoms with Crippen LogP contribution in [0.1, 0.15) is 36.2 Å². The normalized spacial score (nSPS) is 17.1. The van der Waals surface area contributed by atoms with Crippen molar-refractivity contribution in [2.75, 3.05) is 6.61 Å². The molecule has 88 valence electrons. The molecule has 1 unspecified atom stereocenters. The number of rotatable bonds is 5. The largest absolute Gasteiger partial charge is 0.460 e. The number of esters is 1. The lowest BCUT2D eigenvalue weighted by molar-refractivity contribution is 0.0512. The van der Waals surface area contributed by atoms with E-state index in [0.29, 0.717) is 24.8 Å². The Labute approximate surface area is 93.6 Å². The minimum absolute atomic E-state index is 0.0832. The number of nitrogens with one attached hydrogen (secondary N) is 1. The van der Waals surface area contributed by atoms with Gasteiger partial charge >= 0.3 is 5.97 Å². The minimum atomic E-state index is -0.495. The molecule has 0 spiro atoms. The predicted molar refractivity (Wildman–Crippen MR) is 56.7 cm³/mol. The van der Waals surface area contributed by atoms with Crippen molar-refractivity contribution in [2.45, 2.75) is 32.2 Å². The van der Waals surface area contributed by atoms with E-state index in [9.17, 15) is 4.79 Å². The number of nitrogens with two attached hydrogens (primary N) is 1. The second-order valence-corrected chi connectivity index (χ2v) is 4.03. The molecule has 1 aliphatic carbocycles. The van der Waals surface area contributed by atoms with Crippen LogP contribution in [0.15, 0.2) is 0 Å². The highest BCUT2D eigenvalue weighted by atomic mass is 16.5. The first-order chi connectivity index (χ1) is 7.70. The molecule has 6 nitrogen and oxygen atoms in total. The Balaban J connectivity index is 1.93. The van der Waals surface area contributed by atoms with Gasteiger partial charge in [-0.1, -0.05) is 0 Å². The van der Waals surface area contributed by atoms with Crippen LogP contribution < -0.4 is 5.73 Å². The summed E-state index contributed by atoms with van der Waals surface area (Å²) in [6.45, 7) is 2.07. The van der Waals surface area contributed by atoms with E-state index in [1.807, 2.05) is 0 Å². The van der Waals surface area contributed by atoms with Crippen molar-refractivity contribution in [3.8, 4) is 0 Å². The van der Waals surface area contributed by atoms with E-state index in [1.165, 1.54) is 12.8 Å². The van der Waals surface area contributed by atoms with Crippen LogP contribution in [0.5, 0.6) is 0 Å². The van der Waals surface area contributed by atoms with Crippen LogP contribution in [-0.4, -0.2) is 33.8 Å². The highest BCUT2D eigenvalue weighted by molar-refractivity contribution is 5.84. The van der Waals surface area contributed by atoms with E-state index in [-0.39, 0.29) is 11.9 Å². The van der Waals surface area contributed by atoms with Crippen molar-refractivity contribution in [3.05, 3.63) is 11.6 Å². The third-order valence-electron chi connectivity index (χ3n) is 2.65. The summed E-state index contributed by atoms with van der Waals surface area (Å²) in [5, 5.41) is 6.52. The van der Waals surface area contributed by atoms with Gasteiger partial charge in [-0.25, -0.2) is 9.78 Å². The van der Waals surface area contributed by atoms with Crippen molar-refractivity contribution in [1.29, 1.82) is 0 Å². The summed E-state index contributed by atoms with van der Waals surface area (Å²) >= 11 is 0. The van der Waals surface area contributed by atoms with Gasteiger partial charge in [0.25, 0.3) is 5.82 Å². The lowest BCUT2D eigenvalue weighted by atomic mass is 10.1. The lowest BCUT2D eigenvalue weighted by Crippen LogP contribution is -2.25. The number of carbonyl (C=O) groups is 1. The van der Waals surface area contributed by atoms with E-state index in [4.69, 9.17) is 10.5 Å². The maximum Gasteiger partial charge on any atom is 0.378 e. The highest BCUT2D eigenvalue weighted by Crippen LogP contribution is 2.32. The summed E-state index contributed by atoms with van der Waals surface area (Å²) in [5.74, 6) is 0.850. The molecule has 3 N–H and O–H groups in total. The van der Waals surface area contributed by atoms with E-state index in [0.717, 1.165) is 0 Å². The molecule has 6 heteroatoms. The van der Waals surface area contributed by atoms with Crippen LogP contribution in [0.4, 0.5) is 0 Å². The van der Waals surface area contributed by atoms with Gasteiger partial charge in [0.05, 0.1) is 6.61 Å². The number of ether oxygens (including phenoxy) is 1. The molecule has 0 radical (unpaired) electrons. The van der Waals surface area contributed by atoms with Gasteiger partial charge in [-0.3, -0.25) is 5.10 Å². The Hall–Kier alpha value is -1.43. The average molecular weight is 224 g/mol. The summed E-state index contributed by atoms with van der Waals surface area (Å²) in [4.78, 5) is 15.3. The molecule has 0 bridgehead atoms. The lowest BCUT2D eigenvalue weighted by Gasteiger charge is -2.05. The van der Waals surface area contributed by atoms with E-state index >= 15 is 0 Å². The smallest absolute Gasteiger partial charge is 0.378 e. The quantitative estimate of drug-likeness (QED) is 0.700. The van der Waals surface area contributed by atoms with Crippen LogP contribution in [-0.2, 0) is 11.2 Å². The molecular weight excluding hydrogens is 208 g/mol. The molecule has 1 aliphatic rings. The monoisotopic (exact) mass is 224 g/mol. The first-order valence-electron chi connectivity index (χ1n) is 5.54. The average Bonchev–Trinajstić information content (AvgIpc) is 3.00. The summed E-state index contributed by atoms with van der Waals surface area (Å²) in [6, 6.07) is 0.114. The fourth-order valence-corrected chi connectivity index (χ4v) is 1.59. The molecule has 1 heterocycles. The maximum atomic E-state index is 11.3. The summed E-state index contributed by atoms with van der Waals surface area (Å²) in [7, 11) is 0. The summed E-state index contributed by atoms with van der Waals surface area (Å²) in [6.07, 6.45) is 3.02. The number of carbonyl (C=O) groups excluding carboxylic acids is 1. The number of aromatic nitrogens is 3. The fraction of sp³-hybridized carbons (Fsp3) is 0.700. The third kappa shape index (κ3) is 2.57. The Morgan fingerprint density at radius 1 is 1.69 bits per heavy atom. The number of hydrogen-bond donors (Lipinski definition) is 2. The number of nitrogens with zero attached hydrogens (tertiary/aromatic N) is 2. The van der Waals surface area contributed by atoms with Gasteiger partial charge in [-0.05, 0) is 25.7 Å². The molecular formula is C10H16N4O2. The molecule has 16 heavy (non-hydrogen) atoms. The molecule has 1 saturated carbocycles. The molecule has 1 fully saturated rings. The van der Waals surface area contributed by atoms with Gasteiger partial charge < -0.3 is 10.5 Å². The standard InChI is InChI=1S/C10H16N4O2/c1-2-16-10(15)9-12-8(13-14-9)5-7(11)6-3-4-6/h6-7H,2-5,11H2,1H3,(H,12,13,14). The van der Waals surface area contributed by atoms with Crippen molar-refractivity contribution in [1.82, 2.24) is 15.2 Å². The van der Waals surface area contributed by atoms with Gasteiger partial charge in [0.1, 0.15) is 5.82 Å². The summed E-state index contributed by atoms with van der Waals surface area (Å²) < 4.78 is 4.79. The zero-order valence-corrected chi connectivity index (χ0v) is 9.27. The van der Waals surface area contributed by atoms with E-state index < -0.39 is 5.97 Å². The first-order valence-corrected chi connectivity index (χ1v) is 5.54. The number of hydrogen-bond acceptors (Lipinski definition) is 5. The van der Waals surface area contributed by atoms with Crippen molar-refractivity contribution in [3.63, 3.8) is 0 Å². The summed E-state index contributed by atoms with van der Waals surface area (Å²) in [5.41, 5.74) is 5.95. The Bertz CT molecular complexity index is 373. The zero-order chi connectivity index (χ0) is 11.5. The SMILES string of the molecule is CCOC(=O)c1n[nH]c(CC(N)C2CC2)n1. The molecule has 1 atom stereocenters. The van der Waals surface area contributed by atoms with E-state index in [1.54, 1.807) is 6.92 Å². The van der Waals surface area contributed by atoms with Gasteiger partial charge in [0, 0.05) is 12.5 Å². The molecule has 0 saturated heterocycles. The zero-order valence-electron chi connectivity index (χ0n) is 9.27. The van der Waals surface area contributed by atoms with Gasteiger partial charge in [0.15, 0.2) is 0 Å². The van der Waals surface area contributed by atoms with Crippen LogP contribution in [0.2, 0.25) is 0 Å². The second kappa shape index (κ2) is 4.61. The predicted octanol–water partition coefficient (Wildman–Crippen LogP) is 0.261. The first kappa shape index (κ1) is 11.1. The fourth-order valence-electron chi connectivity index (χ4n) is 1.59. The van der Waals surface area contributed by atoms with E-state index in [2.05, 4.69) is 15.2 Å². The van der Waals surface area contributed by atoms with Gasteiger partial charge in [-0.15, -0.1) is 5.10 Å². The number of aromatic amines is 1. The van der Waals surface area contributed by atoms with Crippen molar-refractivity contribution >= 4 is 5.97 Å². The minimum Gasteiger partial charge on any atom is -0.460 e.